The van der Waals surface area contributed by atoms with Crippen molar-refractivity contribution in [1.29, 1.82) is 0 Å². The van der Waals surface area contributed by atoms with E-state index in [9.17, 15) is 4.79 Å². The Labute approximate surface area is 201 Å². The first-order valence-corrected chi connectivity index (χ1v) is 12.3. The smallest absolute Gasteiger partial charge is 0.278 e. The zero-order valence-corrected chi connectivity index (χ0v) is 19.8. The van der Waals surface area contributed by atoms with E-state index in [1.54, 1.807) is 10.8 Å². The Kier molecular flexibility index (Phi) is 6.01. The Morgan fingerprint density at radius 3 is 2.59 bits per heavy atom. The summed E-state index contributed by atoms with van der Waals surface area (Å²) in [5.74, 6) is 1.33. The van der Waals surface area contributed by atoms with Crippen LogP contribution in [0.5, 0.6) is 0 Å². The second-order valence-electron chi connectivity index (χ2n) is 6.94. The van der Waals surface area contributed by atoms with E-state index in [-0.39, 0.29) is 5.56 Å². The number of nitrogens with zero attached hydrogens (tertiary/aromatic N) is 3. The van der Waals surface area contributed by atoms with Crippen LogP contribution in [0.15, 0.2) is 87.4 Å². The number of thioether (sulfide) groups is 1. The Balaban J connectivity index is 1.67. The zero-order valence-electron chi connectivity index (χ0n) is 16.6. The van der Waals surface area contributed by atoms with Gasteiger partial charge >= 0.3 is 0 Å². The van der Waals surface area contributed by atoms with E-state index in [2.05, 4.69) is 0 Å². The minimum atomic E-state index is -0.142. The average molecular weight is 498 g/mol. The molecule has 0 aliphatic carbocycles. The van der Waals surface area contributed by atoms with E-state index in [1.807, 2.05) is 71.3 Å². The minimum Gasteiger partial charge on any atom is -0.467 e. The number of hydrogen-bond acceptors (Lipinski definition) is 6. The van der Waals surface area contributed by atoms with Crippen LogP contribution in [0.3, 0.4) is 0 Å². The van der Waals surface area contributed by atoms with Gasteiger partial charge in [-0.1, -0.05) is 71.1 Å². The summed E-state index contributed by atoms with van der Waals surface area (Å²) in [6.45, 7) is 0.419. The van der Waals surface area contributed by atoms with Crippen molar-refractivity contribution in [3.8, 4) is 5.69 Å². The van der Waals surface area contributed by atoms with Crippen molar-refractivity contribution < 1.29 is 4.42 Å². The van der Waals surface area contributed by atoms with E-state index in [1.165, 1.54) is 23.1 Å². The number of hydrogen-bond donors (Lipinski definition) is 0. The van der Waals surface area contributed by atoms with Gasteiger partial charge in [-0.15, -0.1) is 0 Å². The molecular weight excluding hydrogens is 482 g/mol. The second-order valence-corrected chi connectivity index (χ2v) is 9.93. The number of halogens is 1. The molecule has 0 atom stereocenters. The van der Waals surface area contributed by atoms with Crippen LogP contribution in [0, 0.1) is 3.95 Å². The fraction of sp³-hybridized carbons (Fsp3) is 0.0870. The lowest BCUT2D eigenvalue weighted by atomic mass is 10.2. The number of thiazole rings is 1. The molecule has 5 aromatic rings. The predicted octanol–water partition coefficient (Wildman–Crippen LogP) is 6.57. The van der Waals surface area contributed by atoms with Gasteiger partial charge in [0.05, 0.1) is 18.5 Å². The molecule has 0 amide bonds. The first-order chi connectivity index (χ1) is 15.6. The molecule has 5 rings (SSSR count). The summed E-state index contributed by atoms with van der Waals surface area (Å²) >= 11 is 14.7. The van der Waals surface area contributed by atoms with Crippen molar-refractivity contribution in [3.05, 3.63) is 104 Å². The molecule has 3 heterocycles. The quantitative estimate of drug-likeness (QED) is 0.151. The number of para-hydroxylation sites is 1. The van der Waals surface area contributed by atoms with Crippen LogP contribution < -0.4 is 5.56 Å². The van der Waals surface area contributed by atoms with Crippen molar-refractivity contribution in [2.75, 3.05) is 0 Å². The van der Waals surface area contributed by atoms with Gasteiger partial charge in [-0.2, -0.15) is 0 Å². The molecule has 0 unspecified atom stereocenters. The van der Waals surface area contributed by atoms with Crippen molar-refractivity contribution in [3.63, 3.8) is 0 Å². The molecular formula is C23H16ClN3O2S3. The lowest BCUT2D eigenvalue weighted by Gasteiger charge is -2.13. The van der Waals surface area contributed by atoms with E-state index < -0.39 is 0 Å². The topological polar surface area (TPSA) is 53.0 Å². The Hall–Kier alpha value is -2.65. The maximum absolute atomic E-state index is 13.6. The molecule has 0 aliphatic heterocycles. The van der Waals surface area contributed by atoms with E-state index in [0.717, 1.165) is 17.0 Å². The molecule has 0 saturated carbocycles. The normalized spacial score (nSPS) is 11.3. The lowest BCUT2D eigenvalue weighted by molar-refractivity contribution is 0.495. The molecule has 0 bridgehead atoms. The van der Waals surface area contributed by atoms with E-state index in [4.69, 9.17) is 33.2 Å². The van der Waals surface area contributed by atoms with E-state index >= 15 is 0 Å². The summed E-state index contributed by atoms with van der Waals surface area (Å²) in [6.07, 6.45) is 1.62. The number of benzene rings is 2. The molecule has 0 spiro atoms. The monoisotopic (exact) mass is 497 g/mol. The van der Waals surface area contributed by atoms with Gasteiger partial charge in [0.25, 0.3) is 5.56 Å². The number of fused-ring (bicyclic) bond motifs is 1. The summed E-state index contributed by atoms with van der Waals surface area (Å²) < 4.78 is 10.1. The van der Waals surface area contributed by atoms with Gasteiger partial charge in [-0.05, 0) is 48.1 Å². The summed E-state index contributed by atoms with van der Waals surface area (Å²) in [5, 5.41) is 1.26. The summed E-state index contributed by atoms with van der Waals surface area (Å²) in [4.78, 5) is 18.5. The molecule has 9 heteroatoms. The molecule has 32 heavy (non-hydrogen) atoms. The fourth-order valence-electron chi connectivity index (χ4n) is 3.33. The molecule has 160 valence electrons. The highest BCUT2D eigenvalue weighted by atomic mass is 35.5. The second kappa shape index (κ2) is 9.07. The highest BCUT2D eigenvalue weighted by molar-refractivity contribution is 7.98. The summed E-state index contributed by atoms with van der Waals surface area (Å²) in [6, 6.07) is 20.9. The highest BCUT2D eigenvalue weighted by Gasteiger charge is 2.19. The van der Waals surface area contributed by atoms with Gasteiger partial charge in [0.15, 0.2) is 14.8 Å². The lowest BCUT2D eigenvalue weighted by Crippen LogP contribution is -2.21. The average Bonchev–Trinajstić information content (AvgIpc) is 3.43. The van der Waals surface area contributed by atoms with Gasteiger partial charge in [0, 0.05) is 10.8 Å². The SMILES string of the molecule is O=c1c2sc(=S)n(Cc3ccco3)c2nc(SCc2ccccc2Cl)n1-c1ccccc1. The molecule has 0 aliphatic rings. The van der Waals surface area contributed by atoms with Gasteiger partial charge in [0.2, 0.25) is 0 Å². The number of aromatic nitrogens is 3. The van der Waals surface area contributed by atoms with Crippen LogP contribution >= 0.6 is 46.9 Å². The summed E-state index contributed by atoms with van der Waals surface area (Å²) in [5.41, 5.74) is 2.16. The first-order valence-electron chi connectivity index (χ1n) is 9.72. The maximum Gasteiger partial charge on any atom is 0.278 e. The van der Waals surface area contributed by atoms with Gasteiger partial charge < -0.3 is 4.42 Å². The maximum atomic E-state index is 13.6. The third-order valence-corrected chi connectivity index (χ3v) is 7.66. The molecule has 0 radical (unpaired) electrons. The molecule has 0 fully saturated rings. The minimum absolute atomic E-state index is 0.142. The van der Waals surface area contributed by atoms with Crippen molar-refractivity contribution >= 4 is 57.3 Å². The highest BCUT2D eigenvalue weighted by Crippen LogP contribution is 2.29. The Morgan fingerprint density at radius 2 is 1.84 bits per heavy atom. The Bertz CT molecular complexity index is 1510. The van der Waals surface area contributed by atoms with Gasteiger partial charge in [0.1, 0.15) is 10.5 Å². The van der Waals surface area contributed by atoms with Crippen molar-refractivity contribution in [1.82, 2.24) is 14.1 Å². The van der Waals surface area contributed by atoms with Crippen LogP contribution in [0.1, 0.15) is 11.3 Å². The van der Waals surface area contributed by atoms with Crippen LogP contribution in [0.25, 0.3) is 16.0 Å². The van der Waals surface area contributed by atoms with E-state index in [0.29, 0.717) is 36.8 Å². The standard InChI is InChI=1S/C23H16ClN3O2S3/c24-18-11-5-4-7-15(18)14-31-22-25-20-19(21(28)27(22)16-8-2-1-3-9-16)32-23(30)26(20)13-17-10-6-12-29-17/h1-12H,13-14H2. The fourth-order valence-corrected chi connectivity index (χ4v) is 5.88. The molecule has 0 N–H and O–H groups in total. The van der Waals surface area contributed by atoms with Gasteiger partial charge in [-0.3, -0.25) is 13.9 Å². The van der Waals surface area contributed by atoms with Gasteiger partial charge in [-0.25, -0.2) is 4.98 Å². The third-order valence-electron chi connectivity index (χ3n) is 4.88. The largest absolute Gasteiger partial charge is 0.467 e. The Morgan fingerprint density at radius 1 is 1.06 bits per heavy atom. The predicted molar refractivity (Wildman–Crippen MR) is 133 cm³/mol. The molecule has 3 aromatic heterocycles. The molecule has 0 saturated heterocycles. The first kappa shape index (κ1) is 21.2. The molecule has 2 aromatic carbocycles. The molecule has 5 nitrogen and oxygen atoms in total. The number of rotatable bonds is 6. The zero-order chi connectivity index (χ0) is 22.1. The summed E-state index contributed by atoms with van der Waals surface area (Å²) in [7, 11) is 0. The van der Waals surface area contributed by atoms with Crippen LogP contribution in [0.4, 0.5) is 0 Å². The van der Waals surface area contributed by atoms with Crippen LogP contribution in [-0.2, 0) is 12.3 Å². The van der Waals surface area contributed by atoms with Crippen LogP contribution in [-0.4, -0.2) is 14.1 Å². The van der Waals surface area contributed by atoms with Crippen molar-refractivity contribution in [2.24, 2.45) is 0 Å². The third kappa shape index (κ3) is 4.06. The van der Waals surface area contributed by atoms with Crippen molar-refractivity contribution in [2.45, 2.75) is 17.5 Å². The number of furan rings is 1. The van der Waals surface area contributed by atoms with Crippen LogP contribution in [0.2, 0.25) is 5.02 Å².